The molecule has 2 amide bonds. The number of sulfone groups is 1. The van der Waals surface area contributed by atoms with Gasteiger partial charge in [-0.2, -0.15) is 5.26 Å². The number of amides is 2. The minimum atomic E-state index is -3.83. The zero-order chi connectivity index (χ0) is 21.0. The van der Waals surface area contributed by atoms with Crippen LogP contribution in [-0.4, -0.2) is 48.5 Å². The fourth-order valence-corrected chi connectivity index (χ4v) is 6.03. The van der Waals surface area contributed by atoms with E-state index in [1.165, 1.54) is 17.0 Å². The second-order valence-corrected chi connectivity index (χ2v) is 11.2. The van der Waals surface area contributed by atoms with Crippen LogP contribution in [0.3, 0.4) is 0 Å². The number of likely N-dealkylation sites (tertiary alicyclic amines) is 1. The van der Waals surface area contributed by atoms with Gasteiger partial charge in [-0.05, 0) is 44.2 Å². The third-order valence-electron chi connectivity index (χ3n) is 6.25. The summed E-state index contributed by atoms with van der Waals surface area (Å²) in [5.41, 5.74) is -1.41. The summed E-state index contributed by atoms with van der Waals surface area (Å²) in [6.45, 7) is 1.78. The van der Waals surface area contributed by atoms with E-state index in [0.717, 1.165) is 12.8 Å². The molecule has 2 saturated carbocycles. The second-order valence-electron chi connectivity index (χ2n) is 8.55. The minimum absolute atomic E-state index is 0.00782. The van der Waals surface area contributed by atoms with Crippen LogP contribution in [0.2, 0.25) is 5.02 Å². The fourth-order valence-electron chi connectivity index (χ4n) is 3.81. The Labute approximate surface area is 174 Å². The summed E-state index contributed by atoms with van der Waals surface area (Å²) >= 11 is 6.11. The van der Waals surface area contributed by atoms with Gasteiger partial charge in [0.15, 0.2) is 9.84 Å². The number of nitrogens with zero attached hydrogens (tertiary/aromatic N) is 2. The Hall–Kier alpha value is -2.11. The van der Waals surface area contributed by atoms with E-state index in [2.05, 4.69) is 11.4 Å². The smallest absolute Gasteiger partial charge is 0.244 e. The van der Waals surface area contributed by atoms with E-state index in [-0.39, 0.29) is 28.8 Å². The van der Waals surface area contributed by atoms with Crippen molar-refractivity contribution in [3.8, 4) is 6.07 Å². The van der Waals surface area contributed by atoms with Gasteiger partial charge < -0.3 is 10.2 Å². The van der Waals surface area contributed by atoms with Gasteiger partial charge in [0.1, 0.15) is 11.6 Å². The van der Waals surface area contributed by atoms with Gasteiger partial charge in [-0.15, -0.1) is 0 Å². The van der Waals surface area contributed by atoms with Gasteiger partial charge in [0.05, 0.1) is 21.2 Å². The minimum Gasteiger partial charge on any atom is -0.336 e. The molecule has 2 unspecified atom stereocenters. The highest BCUT2D eigenvalue weighted by Crippen LogP contribution is 2.48. The zero-order valence-electron chi connectivity index (χ0n) is 16.0. The maximum atomic E-state index is 13.2. The van der Waals surface area contributed by atoms with Gasteiger partial charge in [-0.3, -0.25) is 9.59 Å². The molecule has 1 heterocycles. The molecule has 0 spiro atoms. The molecule has 1 aliphatic heterocycles. The Bertz CT molecular complexity index is 1020. The average molecular weight is 436 g/mol. The first-order valence-corrected chi connectivity index (χ1v) is 11.6. The largest absolute Gasteiger partial charge is 0.336 e. The predicted molar refractivity (Wildman–Crippen MR) is 106 cm³/mol. The molecule has 4 rings (SSSR count). The highest BCUT2D eigenvalue weighted by molar-refractivity contribution is 7.92. The normalized spacial score (nSPS) is 26.4. The van der Waals surface area contributed by atoms with Gasteiger partial charge in [-0.25, -0.2) is 8.42 Å². The van der Waals surface area contributed by atoms with E-state index in [4.69, 9.17) is 11.6 Å². The second kappa shape index (κ2) is 6.71. The molecule has 2 aliphatic carbocycles. The Morgan fingerprint density at radius 3 is 2.45 bits per heavy atom. The molecule has 0 aromatic heterocycles. The highest BCUT2D eigenvalue weighted by atomic mass is 35.5. The predicted octanol–water partition coefficient (Wildman–Crippen LogP) is 2.06. The van der Waals surface area contributed by atoms with Crippen LogP contribution in [0, 0.1) is 16.7 Å². The van der Waals surface area contributed by atoms with Crippen molar-refractivity contribution in [3.05, 3.63) is 29.3 Å². The van der Waals surface area contributed by atoms with Crippen LogP contribution in [0.25, 0.3) is 0 Å². The zero-order valence-corrected chi connectivity index (χ0v) is 17.6. The Kier molecular flexibility index (Phi) is 4.67. The summed E-state index contributed by atoms with van der Waals surface area (Å²) in [6.07, 6.45) is 2.56. The molecule has 29 heavy (non-hydrogen) atoms. The van der Waals surface area contributed by atoms with Crippen molar-refractivity contribution in [2.45, 2.75) is 60.8 Å². The first-order valence-electron chi connectivity index (χ1n) is 9.65. The average Bonchev–Trinajstić information content (AvgIpc) is 3.58. The van der Waals surface area contributed by atoms with E-state index in [9.17, 15) is 23.3 Å². The van der Waals surface area contributed by atoms with E-state index in [1.54, 1.807) is 12.1 Å². The lowest BCUT2D eigenvalue weighted by Gasteiger charge is -2.27. The first-order chi connectivity index (χ1) is 13.6. The van der Waals surface area contributed by atoms with Gasteiger partial charge in [0.2, 0.25) is 11.8 Å². The summed E-state index contributed by atoms with van der Waals surface area (Å²) in [7, 11) is -3.83. The number of carbonyl (C=O) groups is 2. The molecule has 154 valence electrons. The summed E-state index contributed by atoms with van der Waals surface area (Å²) in [6, 6.07) is 7.37. The molecule has 2 atom stereocenters. The van der Waals surface area contributed by atoms with Crippen LogP contribution in [0.1, 0.15) is 39.0 Å². The molecule has 0 radical (unpaired) electrons. The lowest BCUT2D eigenvalue weighted by molar-refractivity contribution is -0.142. The molecule has 1 aromatic carbocycles. The standard InChI is InChI=1S/C20H22ClN3O4S/c1-19(6-7-19)18(26)24-11-13(29(27,28)16-5-3-2-4-14(16)21)10-15(24)17(25)23-20(12-22)8-9-20/h2-5,13,15H,6-11H2,1H3,(H,23,25). The molecule has 0 bridgehead atoms. The van der Waals surface area contributed by atoms with E-state index in [1.807, 2.05) is 6.92 Å². The number of halogens is 1. The molecular weight excluding hydrogens is 414 g/mol. The molecule has 3 aliphatic rings. The van der Waals surface area contributed by atoms with Crippen LogP contribution < -0.4 is 5.32 Å². The molecule has 9 heteroatoms. The molecule has 1 N–H and O–H groups in total. The monoisotopic (exact) mass is 435 g/mol. The summed E-state index contributed by atoms with van der Waals surface area (Å²) in [4.78, 5) is 27.4. The van der Waals surface area contributed by atoms with Crippen LogP contribution in [0.5, 0.6) is 0 Å². The molecule has 7 nitrogen and oxygen atoms in total. The quantitative estimate of drug-likeness (QED) is 0.761. The van der Waals surface area contributed by atoms with Gasteiger partial charge in [0, 0.05) is 12.0 Å². The fraction of sp³-hybridized carbons (Fsp3) is 0.550. The highest BCUT2D eigenvalue weighted by Gasteiger charge is 2.55. The first kappa shape index (κ1) is 20.2. The van der Waals surface area contributed by atoms with Crippen molar-refractivity contribution < 1.29 is 18.0 Å². The topological polar surface area (TPSA) is 107 Å². The van der Waals surface area contributed by atoms with Crippen molar-refractivity contribution in [3.63, 3.8) is 0 Å². The third kappa shape index (κ3) is 3.51. The molecule has 1 saturated heterocycles. The Morgan fingerprint density at radius 1 is 1.24 bits per heavy atom. The SMILES string of the molecule is CC1(C(=O)N2CC(S(=O)(=O)c3ccccc3Cl)CC2C(=O)NC2(C#N)CC2)CC1. The number of nitrogens with one attached hydrogen (secondary N) is 1. The number of benzene rings is 1. The van der Waals surface area contributed by atoms with Crippen LogP contribution in [-0.2, 0) is 19.4 Å². The number of carbonyl (C=O) groups excluding carboxylic acids is 2. The summed E-state index contributed by atoms with van der Waals surface area (Å²) in [5, 5.41) is 11.2. The van der Waals surface area contributed by atoms with Gasteiger partial charge >= 0.3 is 0 Å². The Morgan fingerprint density at radius 2 is 1.90 bits per heavy atom. The third-order valence-corrected chi connectivity index (χ3v) is 8.88. The van der Waals surface area contributed by atoms with E-state index in [0.29, 0.717) is 12.8 Å². The van der Waals surface area contributed by atoms with Crippen molar-refractivity contribution in [1.82, 2.24) is 10.2 Å². The van der Waals surface area contributed by atoms with E-state index < -0.39 is 38.0 Å². The van der Waals surface area contributed by atoms with Crippen LogP contribution in [0.15, 0.2) is 29.2 Å². The maximum Gasteiger partial charge on any atom is 0.244 e. The van der Waals surface area contributed by atoms with Gasteiger partial charge in [-0.1, -0.05) is 30.7 Å². The van der Waals surface area contributed by atoms with Crippen LogP contribution >= 0.6 is 11.6 Å². The Balaban J connectivity index is 1.63. The number of nitriles is 1. The van der Waals surface area contributed by atoms with Crippen molar-refractivity contribution >= 4 is 33.3 Å². The van der Waals surface area contributed by atoms with Crippen LogP contribution in [0.4, 0.5) is 0 Å². The van der Waals surface area contributed by atoms with Crippen molar-refractivity contribution in [2.75, 3.05) is 6.54 Å². The summed E-state index contributed by atoms with van der Waals surface area (Å²) in [5.74, 6) is -0.658. The molecule has 3 fully saturated rings. The molecule has 1 aromatic rings. The number of rotatable bonds is 5. The molecular formula is C20H22ClN3O4S. The van der Waals surface area contributed by atoms with Crippen molar-refractivity contribution in [1.29, 1.82) is 5.26 Å². The number of hydrogen-bond donors (Lipinski definition) is 1. The maximum absolute atomic E-state index is 13.2. The lowest BCUT2D eigenvalue weighted by atomic mass is 10.1. The van der Waals surface area contributed by atoms with Gasteiger partial charge in [0.25, 0.3) is 0 Å². The van der Waals surface area contributed by atoms with Crippen molar-refractivity contribution in [2.24, 2.45) is 5.41 Å². The number of hydrogen-bond acceptors (Lipinski definition) is 5. The lowest BCUT2D eigenvalue weighted by Crippen LogP contribution is -2.50. The summed E-state index contributed by atoms with van der Waals surface area (Å²) < 4.78 is 26.4. The van der Waals surface area contributed by atoms with E-state index >= 15 is 0 Å².